The third kappa shape index (κ3) is 2.19. The summed E-state index contributed by atoms with van der Waals surface area (Å²) in [7, 11) is 0. The fraction of sp³-hybridized carbons (Fsp3) is 0.111. The molecule has 7 heteroatoms. The summed E-state index contributed by atoms with van der Waals surface area (Å²) >= 11 is 13.8. The maximum Gasteiger partial charge on any atom is 0.178 e. The fourth-order valence-corrected chi connectivity index (χ4v) is 1.63. The van der Waals surface area contributed by atoms with Crippen LogP contribution in [-0.2, 0) is 0 Å². The Bertz CT molecular complexity index is 587. The van der Waals surface area contributed by atoms with Crippen molar-refractivity contribution < 1.29 is 4.84 Å². The average Bonchev–Trinajstić information content (AvgIpc) is 2.68. The summed E-state index contributed by atoms with van der Waals surface area (Å²) in [5.41, 5.74) is 1.17. The van der Waals surface area contributed by atoms with Gasteiger partial charge in [-0.25, -0.2) is 0 Å². The Kier molecular flexibility index (Phi) is 3.74. The predicted molar refractivity (Wildman–Crippen MR) is 70.8 cm³/mol. The minimum absolute atomic E-state index is 0.238. The number of benzene rings is 1. The van der Waals surface area contributed by atoms with E-state index >= 15 is 0 Å². The molecule has 0 N–H and O–H groups in total. The monoisotopic (exact) mass is 367 g/mol. The number of hydrogen-bond acceptors (Lipinski definition) is 3. The number of fused-ring (bicyclic) bond motifs is 1. The standard InChI is InChI=1S/C9H4Cl2IN3O/c10-6-2-3-7-9(8(6)11)13-14-15(7)16-5-1-4-12/h2-3H,5H2. The SMILES string of the molecule is Clc1ccc2c(nnn2OCC#CI)c1Cl. The van der Waals surface area contributed by atoms with E-state index in [1.165, 1.54) is 4.85 Å². The van der Waals surface area contributed by atoms with Crippen LogP contribution in [0.1, 0.15) is 0 Å². The van der Waals surface area contributed by atoms with Gasteiger partial charge in [0.1, 0.15) is 11.0 Å². The zero-order valence-electron chi connectivity index (χ0n) is 7.75. The number of hydrogen-bond donors (Lipinski definition) is 0. The smallest absolute Gasteiger partial charge is 0.178 e. The van der Waals surface area contributed by atoms with Crippen molar-refractivity contribution in [1.29, 1.82) is 0 Å². The average molecular weight is 368 g/mol. The van der Waals surface area contributed by atoms with Crippen LogP contribution in [0, 0.1) is 9.85 Å². The Balaban J connectivity index is 2.40. The topological polar surface area (TPSA) is 39.9 Å². The molecular formula is C9H4Cl2IN3O. The molecule has 0 radical (unpaired) electrons. The normalized spacial score (nSPS) is 9.94. The van der Waals surface area contributed by atoms with Crippen molar-refractivity contribution in [1.82, 2.24) is 15.2 Å². The van der Waals surface area contributed by atoms with Gasteiger partial charge in [-0.15, -0.1) is 5.10 Å². The van der Waals surface area contributed by atoms with E-state index in [4.69, 9.17) is 28.0 Å². The number of nitrogens with zero attached hydrogens (tertiary/aromatic N) is 3. The van der Waals surface area contributed by atoms with Gasteiger partial charge in [0.05, 0.1) is 10.0 Å². The highest BCUT2D eigenvalue weighted by molar-refractivity contribution is 14.1. The van der Waals surface area contributed by atoms with Gasteiger partial charge >= 0.3 is 0 Å². The van der Waals surface area contributed by atoms with Gasteiger partial charge in [-0.3, -0.25) is 0 Å². The van der Waals surface area contributed by atoms with Gasteiger partial charge in [0.15, 0.2) is 6.61 Å². The third-order valence-corrected chi connectivity index (χ3v) is 2.98. The first-order valence-electron chi connectivity index (χ1n) is 4.15. The van der Waals surface area contributed by atoms with Gasteiger partial charge in [-0.1, -0.05) is 28.0 Å². The first kappa shape index (κ1) is 11.8. The molecule has 0 aliphatic heterocycles. The minimum atomic E-state index is 0.238. The lowest BCUT2D eigenvalue weighted by Crippen LogP contribution is -2.13. The van der Waals surface area contributed by atoms with Crippen LogP contribution in [-0.4, -0.2) is 21.8 Å². The maximum atomic E-state index is 5.97. The van der Waals surface area contributed by atoms with Crippen molar-refractivity contribution in [2.45, 2.75) is 0 Å². The van der Waals surface area contributed by atoms with Crippen LogP contribution >= 0.6 is 45.8 Å². The molecule has 4 nitrogen and oxygen atoms in total. The highest BCUT2D eigenvalue weighted by Gasteiger charge is 2.11. The molecule has 82 valence electrons. The van der Waals surface area contributed by atoms with Crippen molar-refractivity contribution in [2.24, 2.45) is 0 Å². The molecule has 0 bridgehead atoms. The minimum Gasteiger partial charge on any atom is -0.382 e. The van der Waals surface area contributed by atoms with Gasteiger partial charge in [-0.05, 0) is 27.2 Å². The summed E-state index contributed by atoms with van der Waals surface area (Å²) in [5.74, 6) is 2.74. The van der Waals surface area contributed by atoms with Gasteiger partial charge in [-0.2, -0.15) is 0 Å². The van der Waals surface area contributed by atoms with Gasteiger partial charge in [0.25, 0.3) is 0 Å². The zero-order valence-corrected chi connectivity index (χ0v) is 11.4. The molecule has 2 rings (SSSR count). The second kappa shape index (κ2) is 5.08. The first-order valence-corrected chi connectivity index (χ1v) is 5.98. The van der Waals surface area contributed by atoms with E-state index in [-0.39, 0.29) is 6.61 Å². The fourth-order valence-electron chi connectivity index (χ4n) is 1.13. The Morgan fingerprint density at radius 2 is 2.25 bits per heavy atom. The van der Waals surface area contributed by atoms with Crippen LogP contribution < -0.4 is 4.84 Å². The zero-order chi connectivity index (χ0) is 11.5. The van der Waals surface area contributed by atoms with E-state index in [2.05, 4.69) is 20.2 Å². The Labute approximate surface area is 115 Å². The van der Waals surface area contributed by atoms with Crippen LogP contribution in [0.4, 0.5) is 0 Å². The molecule has 0 unspecified atom stereocenters. The highest BCUT2D eigenvalue weighted by Crippen LogP contribution is 2.28. The number of rotatable bonds is 2. The van der Waals surface area contributed by atoms with Crippen molar-refractivity contribution >= 4 is 56.8 Å². The van der Waals surface area contributed by atoms with Crippen molar-refractivity contribution in [2.75, 3.05) is 6.61 Å². The van der Waals surface area contributed by atoms with Crippen LogP contribution in [0.15, 0.2) is 12.1 Å². The molecule has 0 spiro atoms. The largest absolute Gasteiger partial charge is 0.382 e. The summed E-state index contributed by atoms with van der Waals surface area (Å²) < 4.78 is 2.68. The molecule has 1 aromatic heterocycles. The lowest BCUT2D eigenvalue weighted by atomic mass is 10.3. The Morgan fingerprint density at radius 1 is 1.44 bits per heavy atom. The molecular weight excluding hydrogens is 364 g/mol. The second-order valence-electron chi connectivity index (χ2n) is 2.74. The summed E-state index contributed by atoms with van der Waals surface area (Å²) in [6, 6.07) is 3.40. The van der Waals surface area contributed by atoms with E-state index < -0.39 is 0 Å². The van der Waals surface area contributed by atoms with Crippen LogP contribution in [0.25, 0.3) is 11.0 Å². The van der Waals surface area contributed by atoms with Gasteiger partial charge in [0, 0.05) is 22.6 Å². The summed E-state index contributed by atoms with van der Waals surface area (Å²) in [4.78, 5) is 6.53. The molecule has 2 aromatic rings. The molecule has 0 aliphatic carbocycles. The quantitative estimate of drug-likeness (QED) is 0.605. The lowest BCUT2D eigenvalue weighted by molar-refractivity contribution is 0.114. The van der Waals surface area contributed by atoms with E-state index in [9.17, 15) is 0 Å². The summed E-state index contributed by atoms with van der Waals surface area (Å²) in [5, 5.41) is 8.49. The van der Waals surface area contributed by atoms with Crippen LogP contribution in [0.5, 0.6) is 0 Å². The summed E-state index contributed by atoms with van der Waals surface area (Å²) in [6.45, 7) is 0.238. The Hall–Kier alpha value is -0.710. The van der Waals surface area contributed by atoms with Crippen LogP contribution in [0.2, 0.25) is 10.0 Å². The first-order chi connectivity index (χ1) is 7.74. The van der Waals surface area contributed by atoms with Crippen molar-refractivity contribution in [3.05, 3.63) is 22.2 Å². The number of aromatic nitrogens is 3. The highest BCUT2D eigenvalue weighted by atomic mass is 127. The molecule has 0 fully saturated rings. The third-order valence-electron chi connectivity index (χ3n) is 1.81. The molecule has 0 saturated heterocycles. The van der Waals surface area contributed by atoms with E-state index in [0.717, 1.165) is 0 Å². The lowest BCUT2D eigenvalue weighted by Gasteiger charge is -2.01. The molecule has 0 atom stereocenters. The summed E-state index contributed by atoms with van der Waals surface area (Å²) in [6.07, 6.45) is 0. The van der Waals surface area contributed by atoms with E-state index in [0.29, 0.717) is 21.1 Å². The number of halogens is 3. The predicted octanol–water partition coefficient (Wildman–Crippen LogP) is 2.56. The molecule has 1 heterocycles. The second-order valence-corrected chi connectivity index (χ2v) is 4.06. The molecule has 1 aromatic carbocycles. The van der Waals surface area contributed by atoms with Gasteiger partial charge in [0.2, 0.25) is 0 Å². The molecule has 0 saturated carbocycles. The molecule has 16 heavy (non-hydrogen) atoms. The Morgan fingerprint density at radius 3 is 3.00 bits per heavy atom. The van der Waals surface area contributed by atoms with Crippen molar-refractivity contribution in [3.8, 4) is 9.85 Å². The molecule has 0 aliphatic rings. The van der Waals surface area contributed by atoms with E-state index in [1.54, 1.807) is 12.1 Å². The molecule has 0 amide bonds. The van der Waals surface area contributed by atoms with Gasteiger partial charge < -0.3 is 4.84 Å². The van der Waals surface area contributed by atoms with Crippen molar-refractivity contribution in [3.63, 3.8) is 0 Å². The maximum absolute atomic E-state index is 5.97. The van der Waals surface area contributed by atoms with E-state index in [1.807, 2.05) is 22.6 Å². The van der Waals surface area contributed by atoms with Crippen LogP contribution in [0.3, 0.4) is 0 Å².